The normalized spacial score (nSPS) is 26.3. The number of aliphatic hydroxyl groups is 2. The molecule has 76 heavy (non-hydrogen) atoms. The van der Waals surface area contributed by atoms with Gasteiger partial charge in [0.05, 0.1) is 35.0 Å². The molecular formula is C60H76N4O12. The summed E-state index contributed by atoms with van der Waals surface area (Å²) < 4.78 is 5.84. The molecule has 0 aromatic carbocycles. The van der Waals surface area contributed by atoms with Crippen molar-refractivity contribution in [3.8, 4) is 0 Å². The molecule has 7 N–H and O–H groups in total. The number of aliphatic carboxylic acids is 3. The van der Waals surface area contributed by atoms with Crippen LogP contribution in [0.15, 0.2) is 35.9 Å². The maximum atomic E-state index is 12.8. The van der Waals surface area contributed by atoms with Crippen LogP contribution < -0.4 is 0 Å². The Morgan fingerprint density at radius 1 is 0.724 bits per heavy atom. The van der Waals surface area contributed by atoms with E-state index >= 15 is 0 Å². The number of aromatic nitrogens is 4. The van der Waals surface area contributed by atoms with E-state index in [4.69, 9.17) is 24.6 Å². The first-order valence-electron chi connectivity index (χ1n) is 26.7. The highest BCUT2D eigenvalue weighted by molar-refractivity contribution is 5.96. The number of aliphatic hydroxyl groups excluding tert-OH is 2. The number of rotatable bonds is 10. The van der Waals surface area contributed by atoms with Crippen LogP contribution in [-0.2, 0) is 39.9 Å². The molecule has 3 saturated carbocycles. The Bertz CT molecular complexity index is 3170. The number of H-pyrrole nitrogens is 2. The molecule has 16 heteroatoms. The predicted octanol–water partition coefficient (Wildman–Crippen LogP) is 10.9. The number of carboxylic acids is 3. The number of nitrogens with zero attached hydrogens (tertiary/aromatic N) is 2. The quantitative estimate of drug-likeness (QED) is 0.0931. The van der Waals surface area contributed by atoms with Gasteiger partial charge in [-0.05, 0) is 193 Å². The summed E-state index contributed by atoms with van der Waals surface area (Å²) in [7, 11) is 0. The summed E-state index contributed by atoms with van der Waals surface area (Å²) in [5.41, 5.74) is 11.9. The first kappa shape index (κ1) is 57.2. The molecule has 2 aliphatic heterocycles. The van der Waals surface area contributed by atoms with Crippen molar-refractivity contribution in [2.75, 3.05) is 0 Å². The summed E-state index contributed by atoms with van der Waals surface area (Å²) in [6.07, 6.45) is 7.04. The SMILES string of the molecule is CC(=O)O.CC(=O)O[C@]1(C(C)=O)CC[C@H]2[C@@H]3C[C@H](C)C4=CC(=O)CC[C@]4(C)[C@H]3CC[C@@]21C.CC1=C(CCC(=O)O)c2cc3[nH]c(cc4nc(cc5[nH]c(cc1n2)c(C)c5C(C)O)C(C)=C4C(C)O)c(C)c3CCC(=O)O. The lowest BCUT2D eigenvalue weighted by atomic mass is 9.44. The number of hydrogen-bond donors (Lipinski definition) is 7. The van der Waals surface area contributed by atoms with Gasteiger partial charge in [0.1, 0.15) is 0 Å². The highest BCUT2D eigenvalue weighted by Crippen LogP contribution is 2.69. The number of aromatic amines is 2. The zero-order valence-electron chi connectivity index (χ0n) is 46.1. The third-order valence-electron chi connectivity index (χ3n) is 17.9. The van der Waals surface area contributed by atoms with Crippen LogP contribution in [0.4, 0.5) is 0 Å². The fourth-order valence-corrected chi connectivity index (χ4v) is 14.4. The third-order valence-corrected chi connectivity index (χ3v) is 17.9. The number of aryl methyl sites for hydroxylation is 3. The highest BCUT2D eigenvalue weighted by Gasteiger charge is 2.68. The number of nitrogens with one attached hydrogen (secondary N) is 2. The summed E-state index contributed by atoms with van der Waals surface area (Å²) in [5, 5.41) is 47.9. The van der Waals surface area contributed by atoms with Crippen molar-refractivity contribution in [2.24, 2.45) is 34.5 Å². The fourth-order valence-electron chi connectivity index (χ4n) is 14.4. The molecule has 3 fully saturated rings. The Balaban J connectivity index is 0.000000224. The summed E-state index contributed by atoms with van der Waals surface area (Å²) >= 11 is 0. The molecule has 3 aromatic rings. The Labute approximate surface area is 444 Å². The van der Waals surface area contributed by atoms with Crippen LogP contribution in [0.1, 0.15) is 185 Å². The van der Waals surface area contributed by atoms with Gasteiger partial charge in [-0.25, -0.2) is 9.97 Å². The zero-order valence-corrected chi connectivity index (χ0v) is 46.1. The van der Waals surface area contributed by atoms with E-state index in [0.717, 1.165) is 89.0 Å². The summed E-state index contributed by atoms with van der Waals surface area (Å²) in [4.78, 5) is 85.6. The van der Waals surface area contributed by atoms with Gasteiger partial charge < -0.3 is 40.2 Å². The lowest BCUT2D eigenvalue weighted by Crippen LogP contribution is -2.59. The molecule has 6 aliphatic rings. The number of carbonyl (C=O) groups excluding carboxylic acids is 3. The second-order valence-electron chi connectivity index (χ2n) is 22.7. The van der Waals surface area contributed by atoms with Gasteiger partial charge in [-0.15, -0.1) is 0 Å². The number of Topliss-reactive ketones (excluding diaryl/α,β-unsaturated/α-hetero) is 1. The van der Waals surface area contributed by atoms with Crippen LogP contribution in [0.25, 0.3) is 44.4 Å². The number of hydrogen-bond acceptors (Lipinski definition) is 11. The van der Waals surface area contributed by atoms with E-state index in [2.05, 4.69) is 30.7 Å². The fraction of sp³-hybridized carbons (Fsp3) is 0.533. The van der Waals surface area contributed by atoms with Gasteiger partial charge in [0.25, 0.3) is 5.97 Å². The van der Waals surface area contributed by atoms with Gasteiger partial charge in [-0.2, -0.15) is 0 Å². The predicted molar refractivity (Wildman–Crippen MR) is 290 cm³/mol. The number of esters is 1. The number of fused-ring (bicyclic) bond motifs is 13. The average molecular weight is 1050 g/mol. The van der Waals surface area contributed by atoms with Crippen molar-refractivity contribution in [3.63, 3.8) is 0 Å². The molecule has 0 saturated heterocycles. The molecule has 0 amide bonds. The summed E-state index contributed by atoms with van der Waals surface area (Å²) in [5.74, 6) is -0.838. The monoisotopic (exact) mass is 1040 g/mol. The number of ketones is 2. The van der Waals surface area contributed by atoms with Crippen molar-refractivity contribution < 1.29 is 59.0 Å². The van der Waals surface area contributed by atoms with Crippen molar-refractivity contribution in [3.05, 3.63) is 80.9 Å². The molecule has 5 heterocycles. The molecule has 4 aliphatic carbocycles. The summed E-state index contributed by atoms with van der Waals surface area (Å²) in [6.45, 7) is 22.0. The molecule has 8 bridgehead atoms. The Kier molecular flexibility index (Phi) is 16.4. The van der Waals surface area contributed by atoms with Crippen molar-refractivity contribution >= 4 is 79.8 Å². The Morgan fingerprint density at radius 2 is 1.28 bits per heavy atom. The number of ether oxygens (including phenoxy) is 1. The molecule has 9 atom stereocenters. The molecule has 2 unspecified atom stereocenters. The van der Waals surface area contributed by atoms with Gasteiger partial charge >= 0.3 is 17.9 Å². The second-order valence-corrected chi connectivity index (χ2v) is 22.7. The molecule has 9 rings (SSSR count). The lowest BCUT2D eigenvalue weighted by molar-refractivity contribution is -0.187. The minimum atomic E-state index is -0.961. The third kappa shape index (κ3) is 10.6. The highest BCUT2D eigenvalue weighted by atomic mass is 16.6. The largest absolute Gasteiger partial charge is 0.481 e. The minimum Gasteiger partial charge on any atom is -0.481 e. The number of carboxylic acid groups (broad SMARTS) is 3. The minimum absolute atomic E-state index is 0.00469. The van der Waals surface area contributed by atoms with Crippen LogP contribution >= 0.6 is 0 Å². The first-order valence-corrected chi connectivity index (χ1v) is 26.7. The molecule has 0 spiro atoms. The molecule has 3 aromatic heterocycles. The maximum absolute atomic E-state index is 12.8. The van der Waals surface area contributed by atoms with Gasteiger partial charge in [-0.3, -0.25) is 28.8 Å². The lowest BCUT2D eigenvalue weighted by Gasteiger charge is -2.60. The van der Waals surface area contributed by atoms with Gasteiger partial charge in [-0.1, -0.05) is 26.3 Å². The van der Waals surface area contributed by atoms with Crippen LogP contribution in [0.5, 0.6) is 0 Å². The van der Waals surface area contributed by atoms with Crippen LogP contribution in [0.3, 0.4) is 0 Å². The van der Waals surface area contributed by atoms with Crippen LogP contribution in [0.2, 0.25) is 0 Å². The van der Waals surface area contributed by atoms with E-state index in [1.54, 1.807) is 20.8 Å². The van der Waals surface area contributed by atoms with E-state index in [1.165, 1.54) is 12.5 Å². The Morgan fingerprint density at radius 3 is 1.88 bits per heavy atom. The Hall–Kier alpha value is -6.52. The van der Waals surface area contributed by atoms with Gasteiger partial charge in [0.15, 0.2) is 17.2 Å². The van der Waals surface area contributed by atoms with Crippen molar-refractivity contribution in [1.29, 1.82) is 0 Å². The van der Waals surface area contributed by atoms with Crippen LogP contribution in [-0.4, -0.2) is 92.6 Å². The first-order chi connectivity index (χ1) is 35.5. The van der Waals surface area contributed by atoms with E-state index in [9.17, 15) is 44.4 Å². The van der Waals surface area contributed by atoms with E-state index in [-0.39, 0.29) is 54.0 Å². The van der Waals surface area contributed by atoms with Crippen LogP contribution in [0, 0.1) is 48.3 Å². The molecule has 0 radical (unpaired) electrons. The molecular weight excluding hydrogens is 969 g/mol. The summed E-state index contributed by atoms with van der Waals surface area (Å²) in [6, 6.07) is 7.51. The van der Waals surface area contributed by atoms with E-state index in [0.29, 0.717) is 75.9 Å². The van der Waals surface area contributed by atoms with Crippen molar-refractivity contribution in [1.82, 2.24) is 19.9 Å². The van der Waals surface area contributed by atoms with Gasteiger partial charge in [0, 0.05) is 71.7 Å². The standard InChI is InChI=1S/C34H38N4O6.C24H34O4.C2H4O2/c1-15-21(7-9-31(41)42)27-14-28-22(8-10-32(43)44)16(2)24(36-28)12-29-34(20(6)40)18(4)26(38-29)13-30-33(19(5)39)17(3)25(37-30)11-23(15)35-27;1-14-12-18-19(22(4)9-6-17(27)13-21(14)22)7-10-23(5)20(18)8-11-24(23,15(2)25)28-16(3)26;1-2(3)4/h11-14,19-20,36-37,39-40H,7-10H2,1-6H3,(H,41,42)(H,43,44);13-14,18-20H,6-12H2,1-5H3;1H3,(H,3,4)/t;14-,18+,19-,20-,22+,23-,24-;/m.0./s1. The van der Waals surface area contributed by atoms with E-state index in [1.807, 2.05) is 58.0 Å². The average Bonchev–Trinajstić information content (AvgIpc) is 4.13. The van der Waals surface area contributed by atoms with Crippen molar-refractivity contribution in [2.45, 2.75) is 172 Å². The number of allylic oxidation sites excluding steroid dienone is 4. The smallest absolute Gasteiger partial charge is 0.303 e. The molecule has 16 nitrogen and oxygen atoms in total. The topological polar surface area (TPSA) is 270 Å². The molecule has 408 valence electrons. The van der Waals surface area contributed by atoms with Gasteiger partial charge in [0.2, 0.25) is 0 Å². The zero-order chi connectivity index (χ0) is 56.1. The maximum Gasteiger partial charge on any atom is 0.303 e. The number of carbonyl (C=O) groups is 6. The second kappa shape index (κ2) is 21.8. The van der Waals surface area contributed by atoms with E-state index < -0.39 is 35.7 Å².